The minimum Gasteiger partial charge on any atom is -0.394 e. The monoisotopic (exact) mass is 304 g/mol. The van der Waals surface area contributed by atoms with Crippen LogP contribution >= 0.6 is 0 Å². The highest BCUT2D eigenvalue weighted by atomic mass is 16.7. The fourth-order valence-corrected chi connectivity index (χ4v) is 1.95. The van der Waals surface area contributed by atoms with Crippen LogP contribution in [0.1, 0.15) is 13.8 Å². The molecule has 3 unspecified atom stereocenters. The number of azide groups is 1. The highest BCUT2D eigenvalue weighted by Crippen LogP contribution is 2.23. The van der Waals surface area contributed by atoms with Gasteiger partial charge in [0.05, 0.1) is 12.7 Å². The molecule has 1 fully saturated rings. The Balaban J connectivity index is 2.82. The van der Waals surface area contributed by atoms with Crippen LogP contribution in [0.2, 0.25) is 0 Å². The summed E-state index contributed by atoms with van der Waals surface area (Å²) in [7, 11) is 0. The molecule has 0 radical (unpaired) electrons. The molecule has 0 spiro atoms. The zero-order valence-corrected chi connectivity index (χ0v) is 11.8. The van der Waals surface area contributed by atoms with Crippen LogP contribution in [0.5, 0.6) is 0 Å². The molecule has 1 aliphatic rings. The number of amides is 1. The highest BCUT2D eigenvalue weighted by molar-refractivity contribution is 5.78. The highest BCUT2D eigenvalue weighted by Gasteiger charge is 2.45. The van der Waals surface area contributed by atoms with Crippen molar-refractivity contribution in [1.82, 2.24) is 5.32 Å². The van der Waals surface area contributed by atoms with Crippen molar-refractivity contribution in [2.45, 2.75) is 50.6 Å². The number of hydrogen-bond donors (Lipinski definition) is 4. The molecule has 0 aromatic rings. The summed E-state index contributed by atoms with van der Waals surface area (Å²) in [5.41, 5.74) is 8.16. The van der Waals surface area contributed by atoms with Gasteiger partial charge < -0.3 is 30.1 Å². The zero-order valence-electron chi connectivity index (χ0n) is 11.8. The molecule has 120 valence electrons. The van der Waals surface area contributed by atoms with E-state index in [0.717, 1.165) is 0 Å². The third kappa shape index (κ3) is 4.81. The minimum absolute atomic E-state index is 0.270. The van der Waals surface area contributed by atoms with Crippen molar-refractivity contribution in [3.63, 3.8) is 0 Å². The van der Waals surface area contributed by atoms with Crippen molar-refractivity contribution in [3.8, 4) is 0 Å². The Morgan fingerprint density at radius 3 is 2.67 bits per heavy atom. The van der Waals surface area contributed by atoms with E-state index in [2.05, 4.69) is 15.3 Å². The summed E-state index contributed by atoms with van der Waals surface area (Å²) in [4.78, 5) is 14.0. The number of rotatable bonds is 6. The molecule has 0 saturated carbocycles. The summed E-state index contributed by atoms with van der Waals surface area (Å²) in [6, 6.07) is -1.05. The second-order valence-corrected chi connectivity index (χ2v) is 4.87. The first-order valence-electron chi connectivity index (χ1n) is 6.48. The molecule has 1 rings (SSSR count). The molecule has 1 aliphatic heterocycles. The van der Waals surface area contributed by atoms with E-state index < -0.39 is 49.7 Å². The molecule has 4 N–H and O–H groups in total. The minimum atomic E-state index is -1.39. The maximum absolute atomic E-state index is 11.6. The van der Waals surface area contributed by atoms with E-state index in [9.17, 15) is 15.0 Å². The largest absolute Gasteiger partial charge is 0.394 e. The quantitative estimate of drug-likeness (QED) is 0.270. The molecule has 1 amide bonds. The van der Waals surface area contributed by atoms with Crippen LogP contribution in [0.3, 0.4) is 0 Å². The molecule has 0 bridgehead atoms. The molecule has 21 heavy (non-hydrogen) atoms. The Morgan fingerprint density at radius 1 is 1.48 bits per heavy atom. The summed E-state index contributed by atoms with van der Waals surface area (Å²) >= 11 is 0. The number of hydrogen-bond acceptors (Lipinski definition) is 7. The van der Waals surface area contributed by atoms with Gasteiger partial charge in [0.15, 0.2) is 6.29 Å². The van der Waals surface area contributed by atoms with Crippen LogP contribution in [0.25, 0.3) is 10.4 Å². The van der Waals surface area contributed by atoms with Crippen LogP contribution < -0.4 is 5.32 Å². The van der Waals surface area contributed by atoms with Crippen LogP contribution in [-0.4, -0.2) is 71.1 Å². The van der Waals surface area contributed by atoms with Gasteiger partial charge in [0.2, 0.25) is 5.91 Å². The number of aliphatic hydroxyl groups excluding tert-OH is 3. The Hall–Kier alpha value is -1.42. The van der Waals surface area contributed by atoms with E-state index in [1.54, 1.807) is 13.8 Å². The molecule has 1 heterocycles. The fourth-order valence-electron chi connectivity index (χ4n) is 1.95. The van der Waals surface area contributed by atoms with Gasteiger partial charge in [-0.1, -0.05) is 5.11 Å². The first-order chi connectivity index (χ1) is 9.90. The van der Waals surface area contributed by atoms with Crippen molar-refractivity contribution in [3.05, 3.63) is 10.4 Å². The second-order valence-electron chi connectivity index (χ2n) is 4.87. The van der Waals surface area contributed by atoms with E-state index in [1.807, 2.05) is 0 Å². The van der Waals surface area contributed by atoms with Crippen LogP contribution in [0, 0.1) is 0 Å². The van der Waals surface area contributed by atoms with E-state index in [0.29, 0.717) is 0 Å². The molecule has 0 aromatic carbocycles. The molecule has 10 nitrogen and oxygen atoms in total. The third-order valence-corrected chi connectivity index (χ3v) is 2.89. The van der Waals surface area contributed by atoms with Crippen LogP contribution in [-0.2, 0) is 14.3 Å². The summed E-state index contributed by atoms with van der Waals surface area (Å²) in [5, 5.41) is 34.5. The van der Waals surface area contributed by atoms with Gasteiger partial charge in [-0.2, -0.15) is 0 Å². The summed E-state index contributed by atoms with van der Waals surface area (Å²) in [6.45, 7) is 2.50. The van der Waals surface area contributed by atoms with Crippen molar-refractivity contribution in [2.75, 3.05) is 13.2 Å². The lowest BCUT2D eigenvalue weighted by molar-refractivity contribution is -0.278. The van der Waals surface area contributed by atoms with Crippen LogP contribution in [0.4, 0.5) is 0 Å². The Bertz CT molecular complexity index is 400. The van der Waals surface area contributed by atoms with Crippen molar-refractivity contribution >= 4 is 5.91 Å². The van der Waals surface area contributed by atoms with Crippen molar-refractivity contribution < 1.29 is 29.6 Å². The predicted octanol–water partition coefficient (Wildman–Crippen LogP) is -1.35. The topological polar surface area (TPSA) is 157 Å². The lowest BCUT2D eigenvalue weighted by Gasteiger charge is -2.42. The Morgan fingerprint density at radius 2 is 2.14 bits per heavy atom. The lowest BCUT2D eigenvalue weighted by Crippen LogP contribution is -2.65. The van der Waals surface area contributed by atoms with Gasteiger partial charge in [0.25, 0.3) is 0 Å². The average Bonchev–Trinajstić information content (AvgIpc) is 2.43. The summed E-state index contributed by atoms with van der Waals surface area (Å²) in [6.07, 6.45) is -5.11. The van der Waals surface area contributed by atoms with Gasteiger partial charge in [-0.3, -0.25) is 4.79 Å². The number of aliphatic hydroxyl groups is 3. The number of ether oxygens (including phenoxy) is 2. The smallest absolute Gasteiger partial charge is 0.226 e. The van der Waals surface area contributed by atoms with E-state index in [4.69, 9.17) is 20.1 Å². The first-order valence-corrected chi connectivity index (χ1v) is 6.48. The van der Waals surface area contributed by atoms with Gasteiger partial charge in [-0.05, 0) is 19.4 Å². The van der Waals surface area contributed by atoms with Gasteiger partial charge in [-0.15, -0.1) is 0 Å². The zero-order chi connectivity index (χ0) is 16.0. The van der Waals surface area contributed by atoms with Gasteiger partial charge in [-0.25, -0.2) is 0 Å². The maximum Gasteiger partial charge on any atom is 0.226 e. The molecular formula is C11H20N4O6. The second kappa shape index (κ2) is 8.13. The lowest BCUT2D eigenvalue weighted by atomic mass is 9.97. The van der Waals surface area contributed by atoms with Gasteiger partial charge in [0, 0.05) is 4.91 Å². The van der Waals surface area contributed by atoms with Gasteiger partial charge in [0.1, 0.15) is 30.9 Å². The SMILES string of the molecule is CC(C)O[C@H]1OC(CO)[C@H](O)C(O)C1NC(=O)CN=[N+]=[N-]. The van der Waals surface area contributed by atoms with Crippen molar-refractivity contribution in [2.24, 2.45) is 5.11 Å². The van der Waals surface area contributed by atoms with E-state index in [1.165, 1.54) is 0 Å². The maximum atomic E-state index is 11.6. The van der Waals surface area contributed by atoms with E-state index in [-0.39, 0.29) is 6.10 Å². The van der Waals surface area contributed by atoms with Crippen LogP contribution in [0.15, 0.2) is 5.11 Å². The number of nitrogens with zero attached hydrogens (tertiary/aromatic N) is 3. The first kappa shape index (κ1) is 17.6. The molecule has 0 aliphatic carbocycles. The Kier molecular flexibility index (Phi) is 6.82. The number of carbonyl (C=O) groups is 1. The molecular weight excluding hydrogens is 284 g/mol. The predicted molar refractivity (Wildman–Crippen MR) is 69.9 cm³/mol. The van der Waals surface area contributed by atoms with Gasteiger partial charge >= 0.3 is 0 Å². The molecule has 5 atom stereocenters. The number of carbonyl (C=O) groups excluding carboxylic acids is 1. The molecule has 10 heteroatoms. The normalized spacial score (nSPS) is 32.6. The average molecular weight is 304 g/mol. The van der Waals surface area contributed by atoms with Crippen molar-refractivity contribution in [1.29, 1.82) is 0 Å². The standard InChI is InChI=1S/C11H20N4O6/c1-5(2)20-11-8(14-7(17)3-13-15-12)10(19)9(18)6(4-16)21-11/h5-6,8-11,16,18-19H,3-4H2,1-2H3,(H,14,17)/t6?,8?,9-,10?,11-/m0/s1. The molecule has 1 saturated heterocycles. The van der Waals surface area contributed by atoms with E-state index >= 15 is 0 Å². The number of nitrogens with one attached hydrogen (secondary N) is 1. The summed E-state index contributed by atoms with van der Waals surface area (Å²) < 4.78 is 10.8. The molecule has 0 aromatic heterocycles. The third-order valence-electron chi connectivity index (χ3n) is 2.89. The summed E-state index contributed by atoms with van der Waals surface area (Å²) in [5.74, 6) is -0.646. The Labute approximate surface area is 121 Å². The fraction of sp³-hybridized carbons (Fsp3) is 0.909.